The average Bonchev–Trinajstić information content (AvgIpc) is 3.18. The fourth-order valence-electron chi connectivity index (χ4n) is 2.91. The van der Waals surface area contributed by atoms with Crippen LogP contribution in [0, 0.1) is 5.92 Å². The summed E-state index contributed by atoms with van der Waals surface area (Å²) >= 11 is 0. The molecule has 7 heteroatoms. The first-order valence-electron chi connectivity index (χ1n) is 7.59. The molecule has 1 saturated carbocycles. The van der Waals surface area contributed by atoms with Gasteiger partial charge in [0.15, 0.2) is 0 Å². The lowest BCUT2D eigenvalue weighted by atomic mass is 10.0. The van der Waals surface area contributed by atoms with Crippen molar-refractivity contribution in [3.63, 3.8) is 0 Å². The fourth-order valence-corrected chi connectivity index (χ4v) is 2.91. The van der Waals surface area contributed by atoms with Gasteiger partial charge in [-0.3, -0.25) is 9.59 Å². The van der Waals surface area contributed by atoms with Gasteiger partial charge in [-0.1, -0.05) is 6.92 Å². The van der Waals surface area contributed by atoms with Gasteiger partial charge in [0.25, 0.3) is 0 Å². The summed E-state index contributed by atoms with van der Waals surface area (Å²) < 4.78 is 1.81. The number of aromatic nitrogens is 3. The van der Waals surface area contributed by atoms with E-state index < -0.39 is 6.04 Å². The molecule has 2 atom stereocenters. The van der Waals surface area contributed by atoms with E-state index in [-0.39, 0.29) is 17.9 Å². The van der Waals surface area contributed by atoms with Crippen molar-refractivity contribution in [3.8, 4) is 0 Å². The number of aryl methyl sites for hydroxylation is 1. The zero-order valence-electron chi connectivity index (χ0n) is 12.5. The average molecular weight is 291 g/mol. The number of carbonyl (C=O) groups excluding carboxylic acids is 2. The van der Waals surface area contributed by atoms with Crippen LogP contribution in [-0.2, 0) is 22.7 Å². The number of hydrogen-bond donors (Lipinski definition) is 1. The summed E-state index contributed by atoms with van der Waals surface area (Å²) in [5.74, 6) is 0.977. The molecule has 3 rings (SSSR count). The van der Waals surface area contributed by atoms with E-state index in [0.717, 1.165) is 31.6 Å². The van der Waals surface area contributed by atoms with Crippen molar-refractivity contribution in [1.29, 1.82) is 0 Å². The second-order valence-corrected chi connectivity index (χ2v) is 5.88. The molecule has 2 heterocycles. The lowest BCUT2D eigenvalue weighted by molar-refractivity contribution is -0.150. The largest absolute Gasteiger partial charge is 0.343 e. The van der Waals surface area contributed by atoms with E-state index in [1.165, 1.54) is 6.33 Å². The van der Waals surface area contributed by atoms with Gasteiger partial charge in [0.05, 0.1) is 6.54 Å². The van der Waals surface area contributed by atoms with E-state index >= 15 is 0 Å². The van der Waals surface area contributed by atoms with Gasteiger partial charge in [-0.15, -0.1) is 0 Å². The second kappa shape index (κ2) is 5.46. The van der Waals surface area contributed by atoms with E-state index in [1.54, 1.807) is 11.8 Å². The first kappa shape index (κ1) is 14.0. The van der Waals surface area contributed by atoms with Crippen LogP contribution < -0.4 is 5.32 Å². The Balaban J connectivity index is 1.83. The Kier molecular flexibility index (Phi) is 3.65. The predicted octanol–water partition coefficient (Wildman–Crippen LogP) is 0.314. The van der Waals surface area contributed by atoms with Gasteiger partial charge in [-0.05, 0) is 32.1 Å². The Bertz CT molecular complexity index is 551. The minimum atomic E-state index is -0.463. The van der Waals surface area contributed by atoms with E-state index in [9.17, 15) is 9.59 Å². The highest BCUT2D eigenvalue weighted by Gasteiger charge is 2.47. The fraction of sp³-hybridized carbons (Fsp3) is 0.714. The second-order valence-electron chi connectivity index (χ2n) is 5.88. The number of piperazine rings is 1. The maximum absolute atomic E-state index is 12.5. The van der Waals surface area contributed by atoms with Crippen LogP contribution in [-0.4, -0.2) is 43.6 Å². The Labute approximate surface area is 123 Å². The Morgan fingerprint density at radius 2 is 2.14 bits per heavy atom. The summed E-state index contributed by atoms with van der Waals surface area (Å²) in [6.07, 6.45) is 4.48. The normalized spacial score (nSPS) is 26.1. The molecule has 1 saturated heterocycles. The molecule has 21 heavy (non-hydrogen) atoms. The van der Waals surface area contributed by atoms with Crippen molar-refractivity contribution in [3.05, 3.63) is 12.2 Å². The highest BCUT2D eigenvalue weighted by atomic mass is 16.2. The quantitative estimate of drug-likeness (QED) is 0.847. The Morgan fingerprint density at radius 3 is 2.81 bits per heavy atom. The first-order valence-corrected chi connectivity index (χ1v) is 7.59. The molecule has 1 N–H and O–H groups in total. The highest BCUT2D eigenvalue weighted by molar-refractivity contribution is 5.97. The molecule has 2 fully saturated rings. The van der Waals surface area contributed by atoms with Gasteiger partial charge >= 0.3 is 0 Å². The maximum Gasteiger partial charge on any atom is 0.245 e. The van der Waals surface area contributed by atoms with E-state index in [2.05, 4.69) is 22.3 Å². The molecule has 0 spiro atoms. The van der Waals surface area contributed by atoms with E-state index in [1.807, 2.05) is 4.68 Å². The molecule has 2 aliphatic rings. The summed E-state index contributed by atoms with van der Waals surface area (Å²) in [6, 6.07) is -0.810. The number of hydrogen-bond acceptors (Lipinski definition) is 4. The Morgan fingerprint density at radius 1 is 1.38 bits per heavy atom. The van der Waals surface area contributed by atoms with Crippen molar-refractivity contribution in [1.82, 2.24) is 25.0 Å². The predicted molar refractivity (Wildman–Crippen MR) is 75.0 cm³/mol. The summed E-state index contributed by atoms with van der Waals surface area (Å²) in [5, 5.41) is 6.96. The number of nitrogens with zero attached hydrogens (tertiary/aromatic N) is 4. The van der Waals surface area contributed by atoms with Crippen LogP contribution in [0.1, 0.15) is 38.9 Å². The van der Waals surface area contributed by atoms with Crippen LogP contribution in [0.25, 0.3) is 0 Å². The molecule has 7 nitrogen and oxygen atoms in total. The lowest BCUT2D eigenvalue weighted by Crippen LogP contribution is -2.62. The molecule has 0 radical (unpaired) electrons. The molecule has 114 valence electrons. The molecule has 0 bridgehead atoms. The van der Waals surface area contributed by atoms with Gasteiger partial charge in [0.1, 0.15) is 24.2 Å². The third-order valence-electron chi connectivity index (χ3n) is 4.13. The molecule has 2 amide bonds. The third-order valence-corrected chi connectivity index (χ3v) is 4.13. The van der Waals surface area contributed by atoms with Crippen molar-refractivity contribution in [2.24, 2.45) is 5.92 Å². The van der Waals surface area contributed by atoms with Crippen molar-refractivity contribution in [2.45, 2.75) is 58.3 Å². The molecule has 1 aliphatic heterocycles. The molecule has 2 unspecified atom stereocenters. The van der Waals surface area contributed by atoms with Gasteiger partial charge in [0, 0.05) is 6.54 Å². The third kappa shape index (κ3) is 2.64. The number of amides is 2. The number of rotatable bonds is 5. The molecule has 1 aromatic heterocycles. The van der Waals surface area contributed by atoms with Gasteiger partial charge in [-0.2, -0.15) is 5.10 Å². The highest BCUT2D eigenvalue weighted by Crippen LogP contribution is 2.37. The SMILES string of the molecule is CCCn1ncnc1CN1C(=O)C(C)NC(=O)C1C1CC1. The lowest BCUT2D eigenvalue weighted by Gasteiger charge is -2.37. The van der Waals surface area contributed by atoms with Gasteiger partial charge in [0.2, 0.25) is 11.8 Å². The van der Waals surface area contributed by atoms with Crippen LogP contribution in [0.15, 0.2) is 6.33 Å². The van der Waals surface area contributed by atoms with Gasteiger partial charge < -0.3 is 10.2 Å². The number of carbonyl (C=O) groups is 2. The van der Waals surface area contributed by atoms with Crippen LogP contribution in [0.3, 0.4) is 0 Å². The monoisotopic (exact) mass is 291 g/mol. The van der Waals surface area contributed by atoms with Gasteiger partial charge in [-0.25, -0.2) is 9.67 Å². The summed E-state index contributed by atoms with van der Waals surface area (Å²) in [4.78, 5) is 30.6. The zero-order valence-corrected chi connectivity index (χ0v) is 12.5. The molecule has 1 aliphatic carbocycles. The Hall–Kier alpha value is -1.92. The smallest absolute Gasteiger partial charge is 0.245 e. The maximum atomic E-state index is 12.5. The molecular weight excluding hydrogens is 270 g/mol. The first-order chi connectivity index (χ1) is 10.1. The van der Waals surface area contributed by atoms with Crippen LogP contribution in [0.5, 0.6) is 0 Å². The van der Waals surface area contributed by atoms with Crippen LogP contribution in [0.4, 0.5) is 0 Å². The summed E-state index contributed by atoms with van der Waals surface area (Å²) in [6.45, 7) is 4.93. The summed E-state index contributed by atoms with van der Waals surface area (Å²) in [7, 11) is 0. The molecular formula is C14H21N5O2. The molecule has 1 aromatic rings. The summed E-state index contributed by atoms with van der Waals surface area (Å²) in [5.41, 5.74) is 0. The minimum Gasteiger partial charge on any atom is -0.343 e. The zero-order chi connectivity index (χ0) is 15.0. The minimum absolute atomic E-state index is 0.0300. The van der Waals surface area contributed by atoms with Crippen LogP contribution >= 0.6 is 0 Å². The van der Waals surface area contributed by atoms with E-state index in [4.69, 9.17) is 0 Å². The van der Waals surface area contributed by atoms with Crippen molar-refractivity contribution >= 4 is 11.8 Å². The van der Waals surface area contributed by atoms with Crippen LogP contribution in [0.2, 0.25) is 0 Å². The number of nitrogens with one attached hydrogen (secondary N) is 1. The van der Waals surface area contributed by atoms with E-state index in [0.29, 0.717) is 12.5 Å². The van der Waals surface area contributed by atoms with Crippen molar-refractivity contribution in [2.75, 3.05) is 0 Å². The van der Waals surface area contributed by atoms with Crippen molar-refractivity contribution < 1.29 is 9.59 Å². The molecule has 0 aromatic carbocycles. The topological polar surface area (TPSA) is 80.1 Å². The standard InChI is InChI=1S/C14H21N5O2/c1-3-6-19-11(15-8-16-19)7-18-12(10-4-5-10)13(20)17-9(2)14(18)21/h8-10,12H,3-7H2,1-2H3,(H,17,20).